The number of sulfone groups is 1. The summed E-state index contributed by atoms with van der Waals surface area (Å²) in [5, 5.41) is 4.42. The number of thiazole rings is 1. The number of nitrogens with zero attached hydrogens (tertiary/aromatic N) is 1. The molecule has 9 heteroatoms. The molecule has 2 heterocycles. The van der Waals surface area contributed by atoms with E-state index in [1.807, 2.05) is 0 Å². The number of anilines is 1. The monoisotopic (exact) mass is 380 g/mol. The second-order valence-corrected chi connectivity index (χ2v) is 8.10. The molecule has 0 spiro atoms. The Labute approximate surface area is 147 Å². The quantitative estimate of drug-likeness (QED) is 0.710. The Morgan fingerprint density at radius 2 is 2.04 bits per heavy atom. The maximum Gasteiger partial charge on any atom is 0.239 e. The van der Waals surface area contributed by atoms with E-state index in [1.165, 1.54) is 35.8 Å². The number of furan rings is 1. The lowest BCUT2D eigenvalue weighted by Gasteiger charge is -2.06. The Hall–Kier alpha value is -2.52. The van der Waals surface area contributed by atoms with Crippen molar-refractivity contribution in [3.8, 4) is 10.8 Å². The molecule has 1 N–H and O–H groups in total. The lowest BCUT2D eigenvalue weighted by molar-refractivity contribution is -0.113. The number of halogens is 1. The van der Waals surface area contributed by atoms with E-state index in [9.17, 15) is 17.6 Å². The molecule has 0 radical (unpaired) electrons. The third-order valence-corrected chi connectivity index (χ3v) is 5.49. The fraction of sp³-hybridized carbons (Fsp3) is 0.125. The van der Waals surface area contributed by atoms with Crippen molar-refractivity contribution >= 4 is 32.8 Å². The summed E-state index contributed by atoms with van der Waals surface area (Å²) in [7, 11) is -3.74. The SMILES string of the molecule is O=C(CS(=O)(=O)Cc1csc(-c2ccco2)n1)Nc1ccccc1F. The molecule has 1 amide bonds. The first-order chi connectivity index (χ1) is 11.9. The highest BCUT2D eigenvalue weighted by Gasteiger charge is 2.20. The minimum atomic E-state index is -3.74. The molecular formula is C16H13FN2O4S2. The smallest absolute Gasteiger partial charge is 0.239 e. The second kappa shape index (κ2) is 7.16. The van der Waals surface area contributed by atoms with E-state index in [0.717, 1.165) is 0 Å². The molecular weight excluding hydrogens is 367 g/mol. The Balaban J connectivity index is 1.64. The van der Waals surface area contributed by atoms with E-state index in [-0.39, 0.29) is 11.4 Å². The fourth-order valence-corrected chi connectivity index (χ4v) is 4.18. The molecule has 0 bridgehead atoms. The first kappa shape index (κ1) is 17.3. The van der Waals surface area contributed by atoms with Crippen LogP contribution in [0.3, 0.4) is 0 Å². The van der Waals surface area contributed by atoms with Gasteiger partial charge in [0.05, 0.1) is 23.4 Å². The summed E-state index contributed by atoms with van der Waals surface area (Å²) in [6.45, 7) is 0. The van der Waals surface area contributed by atoms with Crippen molar-refractivity contribution in [2.24, 2.45) is 0 Å². The lowest BCUT2D eigenvalue weighted by atomic mass is 10.3. The lowest BCUT2D eigenvalue weighted by Crippen LogP contribution is -2.24. The molecule has 0 saturated heterocycles. The zero-order chi connectivity index (χ0) is 17.9. The number of para-hydroxylation sites is 1. The molecule has 3 rings (SSSR count). The van der Waals surface area contributed by atoms with Gasteiger partial charge in [-0.3, -0.25) is 4.79 Å². The Bertz CT molecular complexity index is 981. The molecule has 130 valence electrons. The number of carbonyl (C=O) groups is 1. The van der Waals surface area contributed by atoms with Crippen molar-refractivity contribution in [2.75, 3.05) is 11.1 Å². The summed E-state index contributed by atoms with van der Waals surface area (Å²) in [6.07, 6.45) is 1.50. The van der Waals surface area contributed by atoms with Gasteiger partial charge in [-0.1, -0.05) is 12.1 Å². The molecule has 0 aliphatic heterocycles. The Morgan fingerprint density at radius 3 is 2.76 bits per heavy atom. The van der Waals surface area contributed by atoms with Crippen molar-refractivity contribution in [1.82, 2.24) is 4.98 Å². The highest BCUT2D eigenvalue weighted by atomic mass is 32.2. The van der Waals surface area contributed by atoms with E-state index in [0.29, 0.717) is 16.5 Å². The molecule has 0 fully saturated rings. The van der Waals surface area contributed by atoms with Crippen LogP contribution in [0.1, 0.15) is 5.69 Å². The molecule has 6 nitrogen and oxygen atoms in total. The van der Waals surface area contributed by atoms with Gasteiger partial charge in [-0.05, 0) is 24.3 Å². The molecule has 1 aromatic carbocycles. The van der Waals surface area contributed by atoms with Crippen LogP contribution < -0.4 is 5.32 Å². The van der Waals surface area contributed by atoms with Gasteiger partial charge in [0.2, 0.25) is 5.91 Å². The van der Waals surface area contributed by atoms with Gasteiger partial charge in [0, 0.05) is 5.38 Å². The fourth-order valence-electron chi connectivity index (χ4n) is 2.11. The minimum Gasteiger partial charge on any atom is -0.462 e. The number of nitrogens with one attached hydrogen (secondary N) is 1. The topological polar surface area (TPSA) is 89.3 Å². The summed E-state index contributed by atoms with van der Waals surface area (Å²) in [5.74, 6) is -2.02. The minimum absolute atomic E-state index is 0.0588. The summed E-state index contributed by atoms with van der Waals surface area (Å²) in [4.78, 5) is 16.1. The van der Waals surface area contributed by atoms with Gasteiger partial charge in [-0.25, -0.2) is 17.8 Å². The third-order valence-electron chi connectivity index (χ3n) is 3.15. The highest BCUT2D eigenvalue weighted by Crippen LogP contribution is 2.24. The van der Waals surface area contributed by atoms with E-state index in [4.69, 9.17) is 4.42 Å². The van der Waals surface area contributed by atoms with Crippen LogP contribution in [0.15, 0.2) is 52.5 Å². The van der Waals surface area contributed by atoms with E-state index in [2.05, 4.69) is 10.3 Å². The molecule has 25 heavy (non-hydrogen) atoms. The van der Waals surface area contributed by atoms with Gasteiger partial charge in [-0.15, -0.1) is 11.3 Å². The van der Waals surface area contributed by atoms with E-state index < -0.39 is 27.3 Å². The number of aromatic nitrogens is 1. The maximum atomic E-state index is 13.5. The van der Waals surface area contributed by atoms with Crippen LogP contribution in [0.5, 0.6) is 0 Å². The first-order valence-electron chi connectivity index (χ1n) is 7.16. The van der Waals surface area contributed by atoms with Gasteiger partial charge in [0.15, 0.2) is 20.6 Å². The van der Waals surface area contributed by atoms with Crippen molar-refractivity contribution < 1.29 is 22.0 Å². The Kier molecular flexibility index (Phi) is 4.95. The number of carbonyl (C=O) groups excluding carboxylic acids is 1. The van der Waals surface area contributed by atoms with Crippen LogP contribution in [-0.4, -0.2) is 25.1 Å². The van der Waals surface area contributed by atoms with Crippen LogP contribution in [-0.2, 0) is 20.4 Å². The normalized spacial score (nSPS) is 11.4. The number of benzene rings is 1. The van der Waals surface area contributed by atoms with Gasteiger partial charge in [-0.2, -0.15) is 0 Å². The highest BCUT2D eigenvalue weighted by molar-refractivity contribution is 7.91. The van der Waals surface area contributed by atoms with Crippen molar-refractivity contribution in [3.63, 3.8) is 0 Å². The standard InChI is InChI=1S/C16H13FN2O4S2/c17-12-4-1-2-5-13(12)19-15(20)10-25(21,22)9-11-8-24-16(18-11)14-6-3-7-23-14/h1-8H,9-10H2,(H,19,20). The predicted octanol–water partition coefficient (Wildman–Crippen LogP) is 3.10. The van der Waals surface area contributed by atoms with Crippen LogP contribution in [0.2, 0.25) is 0 Å². The average molecular weight is 380 g/mol. The van der Waals surface area contributed by atoms with E-state index in [1.54, 1.807) is 23.6 Å². The van der Waals surface area contributed by atoms with Crippen LogP contribution in [0.4, 0.5) is 10.1 Å². The second-order valence-electron chi connectivity index (χ2n) is 5.18. The predicted molar refractivity (Wildman–Crippen MR) is 92.3 cm³/mol. The number of rotatable bonds is 6. The van der Waals surface area contributed by atoms with Crippen LogP contribution >= 0.6 is 11.3 Å². The van der Waals surface area contributed by atoms with Gasteiger partial charge >= 0.3 is 0 Å². The molecule has 0 atom stereocenters. The third kappa shape index (κ3) is 4.52. The first-order valence-corrected chi connectivity index (χ1v) is 9.86. The molecule has 0 unspecified atom stereocenters. The average Bonchev–Trinajstić information content (AvgIpc) is 3.19. The van der Waals surface area contributed by atoms with Crippen molar-refractivity contribution in [3.05, 3.63) is 59.6 Å². The van der Waals surface area contributed by atoms with Crippen LogP contribution in [0, 0.1) is 5.82 Å². The van der Waals surface area contributed by atoms with Gasteiger partial charge in [0.1, 0.15) is 11.6 Å². The van der Waals surface area contributed by atoms with Gasteiger partial charge in [0.25, 0.3) is 0 Å². The molecule has 0 aliphatic rings. The van der Waals surface area contributed by atoms with E-state index >= 15 is 0 Å². The Morgan fingerprint density at radius 1 is 1.24 bits per heavy atom. The van der Waals surface area contributed by atoms with Crippen LogP contribution in [0.25, 0.3) is 10.8 Å². The largest absolute Gasteiger partial charge is 0.462 e. The zero-order valence-electron chi connectivity index (χ0n) is 12.8. The molecule has 3 aromatic rings. The summed E-state index contributed by atoms with van der Waals surface area (Å²) in [5.41, 5.74) is 0.270. The summed E-state index contributed by atoms with van der Waals surface area (Å²) in [6, 6.07) is 8.98. The molecule has 2 aromatic heterocycles. The van der Waals surface area contributed by atoms with Gasteiger partial charge < -0.3 is 9.73 Å². The molecule has 0 aliphatic carbocycles. The number of amides is 1. The summed E-state index contributed by atoms with van der Waals surface area (Å²) < 4.78 is 43.0. The van der Waals surface area contributed by atoms with Crippen molar-refractivity contribution in [1.29, 1.82) is 0 Å². The number of hydrogen-bond acceptors (Lipinski definition) is 6. The maximum absolute atomic E-state index is 13.5. The molecule has 0 saturated carbocycles. The summed E-state index contributed by atoms with van der Waals surface area (Å²) >= 11 is 1.25. The zero-order valence-corrected chi connectivity index (χ0v) is 14.4. The number of hydrogen-bond donors (Lipinski definition) is 1. The van der Waals surface area contributed by atoms with Crippen molar-refractivity contribution in [2.45, 2.75) is 5.75 Å².